The van der Waals surface area contributed by atoms with Gasteiger partial charge in [0.25, 0.3) is 0 Å². The van der Waals surface area contributed by atoms with Crippen molar-refractivity contribution in [2.75, 3.05) is 7.11 Å². The zero-order chi connectivity index (χ0) is 12.4. The molecule has 0 unspecified atom stereocenters. The summed E-state index contributed by atoms with van der Waals surface area (Å²) in [6.07, 6.45) is 2.71. The van der Waals surface area contributed by atoms with Gasteiger partial charge in [-0.1, -0.05) is 30.3 Å². The van der Waals surface area contributed by atoms with Gasteiger partial charge in [0, 0.05) is 18.7 Å². The van der Waals surface area contributed by atoms with E-state index >= 15 is 0 Å². The Morgan fingerprint density at radius 2 is 1.94 bits per heavy atom. The Morgan fingerprint density at radius 3 is 2.72 bits per heavy atom. The molecule has 0 atom stereocenters. The second-order valence-corrected chi connectivity index (χ2v) is 4.07. The number of methoxy groups -OCH3 is 1. The van der Waals surface area contributed by atoms with E-state index in [1.165, 1.54) is 5.56 Å². The molecule has 3 aromatic rings. The van der Waals surface area contributed by atoms with Crippen LogP contribution >= 0.6 is 0 Å². The first kappa shape index (κ1) is 10.8. The minimum atomic E-state index is 0.772. The fourth-order valence-electron chi connectivity index (χ4n) is 1.95. The quantitative estimate of drug-likeness (QED) is 0.704. The standard InChI is InChI=1S/C14H13N3O/c1-18-12-7-8-17-13(15-16-14(17)10-12)9-11-5-3-2-4-6-11/h2-8,10H,9H2,1H3. The first-order chi connectivity index (χ1) is 8.86. The van der Waals surface area contributed by atoms with Crippen LogP contribution in [0.25, 0.3) is 5.65 Å². The van der Waals surface area contributed by atoms with Crippen molar-refractivity contribution in [1.82, 2.24) is 14.6 Å². The Balaban J connectivity index is 1.98. The molecule has 0 aliphatic heterocycles. The Morgan fingerprint density at radius 1 is 1.11 bits per heavy atom. The van der Waals surface area contributed by atoms with Gasteiger partial charge in [0.15, 0.2) is 5.65 Å². The average molecular weight is 239 g/mol. The van der Waals surface area contributed by atoms with Gasteiger partial charge in [-0.25, -0.2) is 0 Å². The van der Waals surface area contributed by atoms with Crippen LogP contribution in [-0.2, 0) is 6.42 Å². The van der Waals surface area contributed by atoms with Gasteiger partial charge in [-0.2, -0.15) is 0 Å². The van der Waals surface area contributed by atoms with E-state index in [-0.39, 0.29) is 0 Å². The molecule has 0 aliphatic rings. The maximum Gasteiger partial charge on any atom is 0.164 e. The first-order valence-corrected chi connectivity index (χ1v) is 5.78. The molecule has 4 nitrogen and oxygen atoms in total. The van der Waals surface area contributed by atoms with Crippen molar-refractivity contribution in [3.63, 3.8) is 0 Å². The monoisotopic (exact) mass is 239 g/mol. The second-order valence-electron chi connectivity index (χ2n) is 4.07. The number of nitrogens with zero attached hydrogens (tertiary/aromatic N) is 3. The SMILES string of the molecule is COc1ccn2c(Cc3ccccc3)nnc2c1. The third kappa shape index (κ3) is 1.93. The third-order valence-electron chi connectivity index (χ3n) is 2.89. The molecule has 90 valence electrons. The molecule has 0 bridgehead atoms. The van der Waals surface area contributed by atoms with E-state index in [1.54, 1.807) is 7.11 Å². The highest BCUT2D eigenvalue weighted by Gasteiger charge is 2.06. The van der Waals surface area contributed by atoms with E-state index < -0.39 is 0 Å². The van der Waals surface area contributed by atoms with Crippen molar-refractivity contribution in [3.8, 4) is 5.75 Å². The molecule has 2 heterocycles. The summed E-state index contributed by atoms with van der Waals surface area (Å²) in [4.78, 5) is 0. The van der Waals surface area contributed by atoms with Crippen LogP contribution in [0.3, 0.4) is 0 Å². The van der Waals surface area contributed by atoms with Gasteiger partial charge >= 0.3 is 0 Å². The predicted molar refractivity (Wildman–Crippen MR) is 68.8 cm³/mol. The Kier molecular flexibility index (Phi) is 2.68. The molecule has 0 fully saturated rings. The van der Waals surface area contributed by atoms with Crippen LogP contribution in [0.2, 0.25) is 0 Å². The molecular weight excluding hydrogens is 226 g/mol. The predicted octanol–water partition coefficient (Wildman–Crippen LogP) is 2.33. The number of fused-ring (bicyclic) bond motifs is 1. The molecule has 0 amide bonds. The summed E-state index contributed by atoms with van der Waals surface area (Å²) in [5.74, 6) is 1.72. The van der Waals surface area contributed by atoms with Crippen LogP contribution in [0.4, 0.5) is 0 Å². The molecule has 2 aromatic heterocycles. The van der Waals surface area contributed by atoms with Crippen molar-refractivity contribution in [2.24, 2.45) is 0 Å². The van der Waals surface area contributed by atoms with Gasteiger partial charge < -0.3 is 4.74 Å². The maximum atomic E-state index is 5.17. The summed E-state index contributed by atoms with van der Waals surface area (Å²) < 4.78 is 7.15. The number of hydrogen-bond donors (Lipinski definition) is 0. The summed E-state index contributed by atoms with van der Waals surface area (Å²) in [7, 11) is 1.65. The van der Waals surface area contributed by atoms with Crippen molar-refractivity contribution in [2.45, 2.75) is 6.42 Å². The lowest BCUT2D eigenvalue weighted by Crippen LogP contribution is -1.96. The van der Waals surface area contributed by atoms with Gasteiger partial charge in [0.05, 0.1) is 7.11 Å². The van der Waals surface area contributed by atoms with Crippen molar-refractivity contribution >= 4 is 5.65 Å². The lowest BCUT2D eigenvalue weighted by molar-refractivity contribution is 0.414. The third-order valence-corrected chi connectivity index (χ3v) is 2.89. The van der Waals surface area contributed by atoms with E-state index in [1.807, 2.05) is 40.9 Å². The molecule has 0 N–H and O–H groups in total. The van der Waals surface area contributed by atoms with E-state index in [2.05, 4.69) is 22.3 Å². The van der Waals surface area contributed by atoms with E-state index in [4.69, 9.17) is 4.74 Å². The average Bonchev–Trinajstić information content (AvgIpc) is 2.82. The number of hydrogen-bond acceptors (Lipinski definition) is 3. The van der Waals surface area contributed by atoms with E-state index in [0.29, 0.717) is 0 Å². The minimum absolute atomic E-state index is 0.772. The molecule has 0 saturated carbocycles. The highest BCUT2D eigenvalue weighted by Crippen LogP contribution is 2.15. The van der Waals surface area contributed by atoms with Crippen molar-refractivity contribution in [3.05, 3.63) is 60.0 Å². The topological polar surface area (TPSA) is 39.4 Å². The molecule has 0 aliphatic carbocycles. The van der Waals surface area contributed by atoms with Gasteiger partial charge in [-0.15, -0.1) is 10.2 Å². The summed E-state index contributed by atoms with van der Waals surface area (Å²) in [5.41, 5.74) is 2.03. The number of aromatic nitrogens is 3. The van der Waals surface area contributed by atoms with Gasteiger partial charge in [0.2, 0.25) is 0 Å². The summed E-state index contributed by atoms with van der Waals surface area (Å²) in [5, 5.41) is 8.38. The maximum absolute atomic E-state index is 5.17. The number of rotatable bonds is 3. The van der Waals surface area contributed by atoms with Crippen molar-refractivity contribution in [1.29, 1.82) is 0 Å². The Hall–Kier alpha value is -2.36. The van der Waals surface area contributed by atoms with Crippen LogP contribution in [-0.4, -0.2) is 21.7 Å². The Labute approximate surface area is 105 Å². The van der Waals surface area contributed by atoms with Gasteiger partial charge in [0.1, 0.15) is 11.6 Å². The van der Waals surface area contributed by atoms with Crippen LogP contribution in [0.5, 0.6) is 5.75 Å². The number of benzene rings is 1. The highest BCUT2D eigenvalue weighted by atomic mass is 16.5. The lowest BCUT2D eigenvalue weighted by atomic mass is 10.1. The smallest absolute Gasteiger partial charge is 0.164 e. The molecule has 0 radical (unpaired) electrons. The minimum Gasteiger partial charge on any atom is -0.497 e. The first-order valence-electron chi connectivity index (χ1n) is 5.78. The Bertz CT molecular complexity index is 661. The molecule has 18 heavy (non-hydrogen) atoms. The fourth-order valence-corrected chi connectivity index (χ4v) is 1.95. The highest BCUT2D eigenvalue weighted by molar-refractivity contribution is 5.44. The van der Waals surface area contributed by atoms with Gasteiger partial charge in [-0.3, -0.25) is 4.40 Å². The van der Waals surface area contributed by atoms with Crippen LogP contribution < -0.4 is 4.74 Å². The van der Waals surface area contributed by atoms with Crippen LogP contribution in [0, 0.1) is 0 Å². The summed E-state index contributed by atoms with van der Waals surface area (Å²) in [6.45, 7) is 0. The molecule has 1 aromatic carbocycles. The normalized spacial score (nSPS) is 10.7. The molecule has 0 saturated heterocycles. The zero-order valence-corrected chi connectivity index (χ0v) is 10.1. The summed E-state index contributed by atoms with van der Waals surface area (Å²) >= 11 is 0. The largest absolute Gasteiger partial charge is 0.497 e. The number of ether oxygens (including phenoxy) is 1. The van der Waals surface area contributed by atoms with Gasteiger partial charge in [-0.05, 0) is 11.6 Å². The van der Waals surface area contributed by atoms with E-state index in [0.717, 1.165) is 23.6 Å². The van der Waals surface area contributed by atoms with Crippen LogP contribution in [0.1, 0.15) is 11.4 Å². The second kappa shape index (κ2) is 4.49. The lowest BCUT2D eigenvalue weighted by Gasteiger charge is -2.02. The summed E-state index contributed by atoms with van der Waals surface area (Å²) in [6, 6.07) is 14.0. The molecule has 0 spiro atoms. The number of pyridine rings is 1. The van der Waals surface area contributed by atoms with Crippen LogP contribution in [0.15, 0.2) is 48.7 Å². The van der Waals surface area contributed by atoms with E-state index in [9.17, 15) is 0 Å². The molecule has 4 heteroatoms. The van der Waals surface area contributed by atoms with Crippen molar-refractivity contribution < 1.29 is 4.74 Å². The fraction of sp³-hybridized carbons (Fsp3) is 0.143. The molecule has 3 rings (SSSR count). The zero-order valence-electron chi connectivity index (χ0n) is 10.1. The molecular formula is C14H13N3O.